The van der Waals surface area contributed by atoms with Gasteiger partial charge in [-0.3, -0.25) is 14.5 Å². The van der Waals surface area contributed by atoms with Gasteiger partial charge in [-0.2, -0.15) is 18.2 Å². The molecule has 1 amide bonds. The van der Waals surface area contributed by atoms with E-state index in [1.807, 2.05) is 54.6 Å². The number of carboxylic acids is 1. The molecule has 3 aromatic carbocycles. The standard InChI is InChI=1S/C41H42ClF3N4O6/c1-40(39(51)52)21-49(22-40)20-25-16-32(41(43,44)45)38(48-37(25)54-3)55-33-14-13-29-28(7-5-8-30(29)33)31-9-4-6-27(36(31)42)23-10-11-24(34(17-23)53-2)18-46-19-26-12-15-35(50)47-26/h4-11,16-17,26,33,46H,12-15,18-22H2,1-3H3,(H,47,50)(H,51,52)/t26-,33-/m0/s1. The number of benzene rings is 3. The fourth-order valence-electron chi connectivity index (χ4n) is 7.89. The Balaban J connectivity index is 1.12. The van der Waals surface area contributed by atoms with Gasteiger partial charge in [-0.15, -0.1) is 0 Å². The number of hydrogen-bond acceptors (Lipinski definition) is 8. The highest BCUT2D eigenvalue weighted by atomic mass is 35.5. The lowest BCUT2D eigenvalue weighted by atomic mass is 9.82. The third kappa shape index (κ3) is 7.83. The lowest BCUT2D eigenvalue weighted by molar-refractivity contribution is -0.159. The van der Waals surface area contributed by atoms with Crippen LogP contribution >= 0.6 is 11.6 Å². The number of ether oxygens (including phenoxy) is 3. The number of pyridine rings is 1. The van der Waals surface area contributed by atoms with Crippen molar-refractivity contribution in [3.63, 3.8) is 0 Å². The summed E-state index contributed by atoms with van der Waals surface area (Å²) in [4.78, 5) is 29.0. The average molecular weight is 779 g/mol. The van der Waals surface area contributed by atoms with Gasteiger partial charge in [0.05, 0.1) is 24.7 Å². The summed E-state index contributed by atoms with van der Waals surface area (Å²) >= 11 is 7.15. The lowest BCUT2D eigenvalue weighted by Gasteiger charge is -2.45. The maximum Gasteiger partial charge on any atom is 0.421 e. The van der Waals surface area contributed by atoms with Gasteiger partial charge in [-0.05, 0) is 60.6 Å². The van der Waals surface area contributed by atoms with Gasteiger partial charge in [0.25, 0.3) is 0 Å². The molecule has 55 heavy (non-hydrogen) atoms. The van der Waals surface area contributed by atoms with Crippen molar-refractivity contribution in [1.29, 1.82) is 0 Å². The zero-order valence-corrected chi connectivity index (χ0v) is 31.4. The minimum absolute atomic E-state index is 0.0116. The minimum atomic E-state index is -4.77. The summed E-state index contributed by atoms with van der Waals surface area (Å²) in [5.74, 6) is -0.765. The van der Waals surface area contributed by atoms with Crippen molar-refractivity contribution in [3.8, 4) is 39.8 Å². The summed E-state index contributed by atoms with van der Waals surface area (Å²) in [5, 5.41) is 16.3. The number of carbonyl (C=O) groups excluding carboxylic acids is 1. The van der Waals surface area contributed by atoms with E-state index in [0.29, 0.717) is 43.1 Å². The molecule has 1 aromatic heterocycles. The lowest BCUT2D eigenvalue weighted by Crippen LogP contribution is -2.58. The van der Waals surface area contributed by atoms with Gasteiger partial charge in [0.1, 0.15) is 17.4 Å². The monoisotopic (exact) mass is 778 g/mol. The molecular weight excluding hydrogens is 737 g/mol. The number of amides is 1. The van der Waals surface area contributed by atoms with Gasteiger partial charge in [0, 0.05) is 67.4 Å². The predicted molar refractivity (Wildman–Crippen MR) is 200 cm³/mol. The number of aromatic nitrogens is 1. The maximum atomic E-state index is 14.5. The summed E-state index contributed by atoms with van der Waals surface area (Å²) < 4.78 is 60.8. The quantitative estimate of drug-likeness (QED) is 0.127. The molecule has 0 bridgehead atoms. The Hall–Kier alpha value is -4.85. The van der Waals surface area contributed by atoms with E-state index in [9.17, 15) is 27.9 Å². The molecule has 0 unspecified atom stereocenters. The molecule has 3 aliphatic rings. The molecule has 290 valence electrons. The molecule has 2 saturated heterocycles. The number of rotatable bonds is 13. The largest absolute Gasteiger partial charge is 0.496 e. The van der Waals surface area contributed by atoms with Crippen LogP contribution in [0.2, 0.25) is 5.02 Å². The zero-order chi connectivity index (χ0) is 39.1. The third-order valence-electron chi connectivity index (χ3n) is 10.7. The van der Waals surface area contributed by atoms with Crippen molar-refractivity contribution in [1.82, 2.24) is 20.5 Å². The van der Waals surface area contributed by atoms with Gasteiger partial charge < -0.3 is 30.0 Å². The highest BCUT2D eigenvalue weighted by molar-refractivity contribution is 6.36. The van der Waals surface area contributed by atoms with E-state index in [-0.39, 0.29) is 43.0 Å². The van der Waals surface area contributed by atoms with E-state index in [1.54, 1.807) is 18.9 Å². The predicted octanol–water partition coefficient (Wildman–Crippen LogP) is 7.45. The topological polar surface area (TPSA) is 122 Å². The molecule has 2 atom stereocenters. The van der Waals surface area contributed by atoms with E-state index in [4.69, 9.17) is 25.8 Å². The molecule has 2 aliphatic heterocycles. The molecular formula is C41H42ClF3N4O6. The van der Waals surface area contributed by atoms with E-state index in [0.717, 1.165) is 51.4 Å². The highest BCUT2D eigenvalue weighted by Crippen LogP contribution is 2.46. The molecule has 4 aromatic rings. The zero-order valence-electron chi connectivity index (χ0n) is 30.7. The van der Waals surface area contributed by atoms with Gasteiger partial charge >= 0.3 is 12.1 Å². The first kappa shape index (κ1) is 38.4. The van der Waals surface area contributed by atoms with Crippen LogP contribution in [0.1, 0.15) is 60.1 Å². The van der Waals surface area contributed by atoms with Gasteiger partial charge in [-0.25, -0.2) is 0 Å². The third-order valence-corrected chi connectivity index (χ3v) is 11.1. The number of carbonyl (C=O) groups is 2. The fourth-order valence-corrected chi connectivity index (χ4v) is 8.23. The van der Waals surface area contributed by atoms with E-state index in [2.05, 4.69) is 15.6 Å². The first-order valence-electron chi connectivity index (χ1n) is 18.1. The summed E-state index contributed by atoms with van der Waals surface area (Å²) in [6.07, 6.45) is -3.14. The van der Waals surface area contributed by atoms with Gasteiger partial charge in [0.15, 0.2) is 0 Å². The molecule has 0 radical (unpaired) electrons. The molecule has 14 heteroatoms. The molecule has 0 spiro atoms. The van der Waals surface area contributed by atoms with Gasteiger partial charge in [-0.1, -0.05) is 60.1 Å². The van der Waals surface area contributed by atoms with Crippen molar-refractivity contribution >= 4 is 23.5 Å². The van der Waals surface area contributed by atoms with Crippen LogP contribution in [0.3, 0.4) is 0 Å². The van der Waals surface area contributed by atoms with Crippen LogP contribution in [0, 0.1) is 5.41 Å². The van der Waals surface area contributed by atoms with Crippen molar-refractivity contribution in [2.45, 2.75) is 64.0 Å². The highest BCUT2D eigenvalue weighted by Gasteiger charge is 2.46. The Bertz CT molecular complexity index is 2120. The molecule has 1 aliphatic carbocycles. The van der Waals surface area contributed by atoms with Crippen LogP contribution in [0.15, 0.2) is 60.7 Å². The fraction of sp³-hybridized carbons (Fsp3) is 0.390. The first-order chi connectivity index (χ1) is 26.3. The Morgan fingerprint density at radius 3 is 2.44 bits per heavy atom. The van der Waals surface area contributed by atoms with Crippen LogP contribution in [-0.4, -0.2) is 66.8 Å². The SMILES string of the molecule is COc1cc(-c2cccc(-c3cccc4c3CC[C@@H]4Oc3nc(OC)c(CN4CC(C)(C(=O)O)C4)cc3C(F)(F)F)c2Cl)ccc1CNC[C@@H]1CCC(=O)N1. The smallest absolute Gasteiger partial charge is 0.421 e. The number of fused-ring (bicyclic) bond motifs is 1. The Kier molecular flexibility index (Phi) is 10.7. The number of carboxylic acid groups (broad SMARTS) is 1. The average Bonchev–Trinajstić information content (AvgIpc) is 3.76. The maximum absolute atomic E-state index is 14.5. The number of likely N-dealkylation sites (tertiary alicyclic amines) is 1. The van der Waals surface area contributed by atoms with Gasteiger partial charge in [0.2, 0.25) is 17.7 Å². The molecule has 0 saturated carbocycles. The van der Waals surface area contributed by atoms with Crippen LogP contribution in [0.5, 0.6) is 17.5 Å². The van der Waals surface area contributed by atoms with Crippen LogP contribution in [0.4, 0.5) is 13.2 Å². The number of halogens is 4. The second-order valence-corrected chi connectivity index (χ2v) is 15.0. The number of nitrogens with one attached hydrogen (secondary N) is 2. The van der Waals surface area contributed by atoms with E-state index in [1.165, 1.54) is 7.11 Å². The number of nitrogens with zero attached hydrogens (tertiary/aromatic N) is 2. The molecule has 3 heterocycles. The van der Waals surface area contributed by atoms with E-state index < -0.39 is 35.1 Å². The summed E-state index contributed by atoms with van der Waals surface area (Å²) in [7, 11) is 2.95. The van der Waals surface area contributed by atoms with Crippen LogP contribution < -0.4 is 24.8 Å². The number of aliphatic carboxylic acids is 1. The minimum Gasteiger partial charge on any atom is -0.496 e. The number of hydrogen-bond donors (Lipinski definition) is 3. The van der Waals surface area contributed by atoms with Crippen LogP contribution in [-0.2, 0) is 35.3 Å². The van der Waals surface area contributed by atoms with E-state index >= 15 is 0 Å². The van der Waals surface area contributed by atoms with Crippen molar-refractivity contribution in [3.05, 3.63) is 93.5 Å². The Labute approximate surface area is 321 Å². The second-order valence-electron chi connectivity index (χ2n) is 14.7. The van der Waals surface area contributed by atoms with Crippen molar-refractivity contribution in [2.75, 3.05) is 33.9 Å². The summed E-state index contributed by atoms with van der Waals surface area (Å²) in [6, 6.07) is 18.5. The Morgan fingerprint density at radius 2 is 1.75 bits per heavy atom. The number of methoxy groups -OCH3 is 2. The Morgan fingerprint density at radius 1 is 1.00 bits per heavy atom. The molecule has 2 fully saturated rings. The molecule has 10 nitrogen and oxygen atoms in total. The molecule has 3 N–H and O–H groups in total. The second kappa shape index (κ2) is 15.4. The van der Waals surface area contributed by atoms with Crippen LogP contribution in [0.25, 0.3) is 22.3 Å². The van der Waals surface area contributed by atoms with Crippen molar-refractivity contribution in [2.24, 2.45) is 5.41 Å². The summed E-state index contributed by atoms with van der Waals surface area (Å²) in [6.45, 7) is 3.27. The normalized spacial score (nSPS) is 19.1. The summed E-state index contributed by atoms with van der Waals surface area (Å²) in [5.41, 5.74) is 4.16. The number of alkyl halides is 3. The molecule has 7 rings (SSSR count). The van der Waals surface area contributed by atoms with Crippen molar-refractivity contribution < 1.29 is 42.1 Å². The first-order valence-corrected chi connectivity index (χ1v) is 18.5.